The maximum Gasteiger partial charge on any atom is 0.274 e. The van der Waals surface area contributed by atoms with Crippen LogP contribution in [-0.4, -0.2) is 15.7 Å². The largest absolute Gasteiger partial charge is 0.318 e. The summed E-state index contributed by atoms with van der Waals surface area (Å²) in [5.74, 6) is -5.16. The molecule has 29 heavy (non-hydrogen) atoms. The van der Waals surface area contributed by atoms with Gasteiger partial charge in [0.15, 0.2) is 17.5 Å². The maximum atomic E-state index is 14.0. The fourth-order valence-corrected chi connectivity index (χ4v) is 2.87. The number of nitrogens with zero attached hydrogens (tertiary/aromatic N) is 2. The molecule has 0 fully saturated rings. The van der Waals surface area contributed by atoms with Crippen molar-refractivity contribution in [2.24, 2.45) is 0 Å². The molecule has 0 aliphatic carbocycles. The van der Waals surface area contributed by atoms with E-state index >= 15 is 0 Å². The van der Waals surface area contributed by atoms with Gasteiger partial charge in [0, 0.05) is 5.56 Å². The molecule has 0 radical (unpaired) electrons. The minimum Gasteiger partial charge on any atom is -0.318 e. The second-order valence-electron chi connectivity index (χ2n) is 6.21. The molecule has 0 unspecified atom stereocenters. The van der Waals surface area contributed by atoms with E-state index in [1.165, 1.54) is 4.68 Å². The maximum absolute atomic E-state index is 14.0. The zero-order valence-electron chi connectivity index (χ0n) is 14.9. The number of halogens is 3. The normalized spacial score (nSPS) is 10.7. The summed E-state index contributed by atoms with van der Waals surface area (Å²) in [7, 11) is 0. The van der Waals surface area contributed by atoms with Gasteiger partial charge >= 0.3 is 0 Å². The average Bonchev–Trinajstić information content (AvgIpc) is 3.21. The van der Waals surface area contributed by atoms with Crippen LogP contribution in [0.15, 0.2) is 78.9 Å². The third-order valence-corrected chi connectivity index (χ3v) is 4.30. The molecule has 4 aromatic rings. The number of hydrogen-bond acceptors (Lipinski definition) is 2. The van der Waals surface area contributed by atoms with Gasteiger partial charge in [0.25, 0.3) is 5.91 Å². The molecule has 0 aliphatic rings. The number of rotatable bonds is 4. The highest BCUT2D eigenvalue weighted by Gasteiger charge is 2.21. The molecule has 1 aromatic heterocycles. The van der Waals surface area contributed by atoms with Gasteiger partial charge in [-0.25, -0.2) is 17.9 Å². The SMILES string of the molecule is O=C(Nc1ccc(F)c(F)c1F)c1cc(-c2ccccc2)nn1-c1ccccc1. The Bertz CT molecular complexity index is 1170. The van der Waals surface area contributed by atoms with Crippen LogP contribution in [0.1, 0.15) is 10.5 Å². The standard InChI is InChI=1S/C22H14F3N3O/c23-16-11-12-17(21(25)20(16)24)26-22(29)19-13-18(14-7-3-1-4-8-14)27-28(19)15-9-5-2-6-10-15/h1-13H,(H,26,29). The summed E-state index contributed by atoms with van der Waals surface area (Å²) in [6.45, 7) is 0. The second kappa shape index (κ2) is 7.63. The lowest BCUT2D eigenvalue weighted by molar-refractivity contribution is 0.101. The predicted molar refractivity (Wildman–Crippen MR) is 103 cm³/mol. The van der Waals surface area contributed by atoms with Crippen molar-refractivity contribution in [1.29, 1.82) is 0 Å². The summed E-state index contributed by atoms with van der Waals surface area (Å²) in [4.78, 5) is 12.8. The van der Waals surface area contributed by atoms with E-state index in [0.717, 1.165) is 17.7 Å². The van der Waals surface area contributed by atoms with Crippen molar-refractivity contribution in [3.63, 3.8) is 0 Å². The first kappa shape index (κ1) is 18.5. The van der Waals surface area contributed by atoms with Crippen LogP contribution in [-0.2, 0) is 0 Å². The number of nitrogens with one attached hydrogen (secondary N) is 1. The molecule has 1 N–H and O–H groups in total. The molecule has 4 rings (SSSR count). The van der Waals surface area contributed by atoms with Crippen LogP contribution in [0.5, 0.6) is 0 Å². The Kier molecular flexibility index (Phi) is 4.87. The third kappa shape index (κ3) is 3.62. The third-order valence-electron chi connectivity index (χ3n) is 4.30. The fourth-order valence-electron chi connectivity index (χ4n) is 2.87. The smallest absolute Gasteiger partial charge is 0.274 e. The Hall–Kier alpha value is -3.87. The van der Waals surface area contributed by atoms with Crippen LogP contribution in [0.25, 0.3) is 16.9 Å². The van der Waals surface area contributed by atoms with E-state index in [1.54, 1.807) is 30.3 Å². The number of carbonyl (C=O) groups excluding carboxylic acids is 1. The van der Waals surface area contributed by atoms with Crippen molar-refractivity contribution >= 4 is 11.6 Å². The summed E-state index contributed by atoms with van der Waals surface area (Å²) in [6, 6.07) is 21.4. The first-order valence-corrected chi connectivity index (χ1v) is 8.70. The molecule has 144 valence electrons. The van der Waals surface area contributed by atoms with Gasteiger partial charge in [-0.15, -0.1) is 0 Å². The van der Waals surface area contributed by atoms with Crippen molar-refractivity contribution in [2.45, 2.75) is 0 Å². The van der Waals surface area contributed by atoms with Gasteiger partial charge in [-0.05, 0) is 30.3 Å². The quantitative estimate of drug-likeness (QED) is 0.484. The summed E-state index contributed by atoms with van der Waals surface area (Å²) in [5.41, 5.74) is 1.58. The first-order valence-electron chi connectivity index (χ1n) is 8.70. The van der Waals surface area contributed by atoms with Gasteiger partial charge in [-0.3, -0.25) is 4.79 Å². The highest BCUT2D eigenvalue weighted by molar-refractivity contribution is 6.04. The zero-order chi connectivity index (χ0) is 20.4. The van der Waals surface area contributed by atoms with Crippen LogP contribution in [0, 0.1) is 17.5 Å². The number of carbonyl (C=O) groups is 1. The highest BCUT2D eigenvalue weighted by atomic mass is 19.2. The topological polar surface area (TPSA) is 46.9 Å². The molecule has 0 saturated carbocycles. The summed E-state index contributed by atoms with van der Waals surface area (Å²) in [5, 5.41) is 6.78. The van der Waals surface area contributed by atoms with Gasteiger partial charge in [-0.1, -0.05) is 48.5 Å². The second-order valence-corrected chi connectivity index (χ2v) is 6.21. The Labute approximate surface area is 164 Å². The molecule has 0 atom stereocenters. The number of hydrogen-bond donors (Lipinski definition) is 1. The zero-order valence-corrected chi connectivity index (χ0v) is 14.9. The molecular weight excluding hydrogens is 379 g/mol. The van der Waals surface area contributed by atoms with E-state index in [2.05, 4.69) is 10.4 Å². The van der Waals surface area contributed by atoms with Crippen molar-refractivity contribution in [3.8, 4) is 16.9 Å². The molecule has 0 saturated heterocycles. The molecule has 1 amide bonds. The van der Waals surface area contributed by atoms with Gasteiger partial charge in [-0.2, -0.15) is 5.10 Å². The van der Waals surface area contributed by atoms with Crippen LogP contribution in [0.2, 0.25) is 0 Å². The van der Waals surface area contributed by atoms with Crippen molar-refractivity contribution in [2.75, 3.05) is 5.32 Å². The Balaban J connectivity index is 1.77. The van der Waals surface area contributed by atoms with Crippen LogP contribution in [0.4, 0.5) is 18.9 Å². The molecule has 1 heterocycles. The molecule has 0 bridgehead atoms. The number of aromatic nitrogens is 2. The van der Waals surface area contributed by atoms with Gasteiger partial charge in [0.2, 0.25) is 0 Å². The van der Waals surface area contributed by atoms with Gasteiger partial charge in [0.05, 0.1) is 17.1 Å². The molecule has 7 heteroatoms. The lowest BCUT2D eigenvalue weighted by Gasteiger charge is -2.09. The molecular formula is C22H14F3N3O. The van der Waals surface area contributed by atoms with Crippen LogP contribution in [0.3, 0.4) is 0 Å². The number of benzene rings is 3. The van der Waals surface area contributed by atoms with E-state index < -0.39 is 29.0 Å². The highest BCUT2D eigenvalue weighted by Crippen LogP contribution is 2.24. The van der Waals surface area contributed by atoms with E-state index in [-0.39, 0.29) is 5.69 Å². The van der Waals surface area contributed by atoms with E-state index in [9.17, 15) is 18.0 Å². The van der Waals surface area contributed by atoms with Gasteiger partial charge < -0.3 is 5.32 Å². The van der Waals surface area contributed by atoms with E-state index in [4.69, 9.17) is 0 Å². The monoisotopic (exact) mass is 393 g/mol. The lowest BCUT2D eigenvalue weighted by atomic mass is 10.1. The average molecular weight is 393 g/mol. The molecule has 3 aromatic carbocycles. The minimum absolute atomic E-state index is 0.110. The first-order chi connectivity index (χ1) is 14.0. The van der Waals surface area contributed by atoms with Crippen molar-refractivity contribution in [3.05, 3.63) is 102 Å². The molecule has 0 spiro atoms. The number of anilines is 1. The summed E-state index contributed by atoms with van der Waals surface area (Å²) >= 11 is 0. The predicted octanol–water partition coefficient (Wildman–Crippen LogP) is 5.21. The van der Waals surface area contributed by atoms with E-state index in [0.29, 0.717) is 11.4 Å². The Morgan fingerprint density at radius 2 is 1.48 bits per heavy atom. The minimum atomic E-state index is -1.65. The van der Waals surface area contributed by atoms with Gasteiger partial charge in [0.1, 0.15) is 5.69 Å². The van der Waals surface area contributed by atoms with Crippen LogP contribution >= 0.6 is 0 Å². The van der Waals surface area contributed by atoms with Crippen LogP contribution < -0.4 is 5.32 Å². The van der Waals surface area contributed by atoms with E-state index in [1.807, 2.05) is 36.4 Å². The van der Waals surface area contributed by atoms with Crippen molar-refractivity contribution in [1.82, 2.24) is 9.78 Å². The van der Waals surface area contributed by atoms with Crippen molar-refractivity contribution < 1.29 is 18.0 Å². The number of amides is 1. The Morgan fingerprint density at radius 3 is 2.17 bits per heavy atom. The fraction of sp³-hybridized carbons (Fsp3) is 0. The number of para-hydroxylation sites is 1. The molecule has 4 nitrogen and oxygen atoms in total. The molecule has 0 aliphatic heterocycles. The summed E-state index contributed by atoms with van der Waals surface area (Å²) < 4.78 is 42.0. The Morgan fingerprint density at radius 1 is 0.828 bits per heavy atom. The summed E-state index contributed by atoms with van der Waals surface area (Å²) in [6.07, 6.45) is 0. The lowest BCUT2D eigenvalue weighted by Crippen LogP contribution is -2.18.